The third-order valence-corrected chi connectivity index (χ3v) is 4.16. The van der Waals surface area contributed by atoms with Crippen LogP contribution in [0.5, 0.6) is 0 Å². The SMILES string of the molecule is CCNC(=O)C1CNCCN1C(C)c1ccsc1. The normalized spacial score (nSPS) is 22.7. The summed E-state index contributed by atoms with van der Waals surface area (Å²) in [5.74, 6) is 0.131. The van der Waals surface area contributed by atoms with Gasteiger partial charge in [0.2, 0.25) is 5.91 Å². The molecule has 1 amide bonds. The second-order valence-electron chi connectivity index (χ2n) is 4.58. The molecule has 1 aliphatic rings. The predicted molar refractivity (Wildman–Crippen MR) is 74.8 cm³/mol. The van der Waals surface area contributed by atoms with Crippen molar-refractivity contribution in [3.63, 3.8) is 0 Å². The zero-order valence-corrected chi connectivity index (χ0v) is 11.8. The molecule has 0 aliphatic carbocycles. The van der Waals surface area contributed by atoms with Crippen LogP contribution in [0.3, 0.4) is 0 Å². The summed E-state index contributed by atoms with van der Waals surface area (Å²) in [4.78, 5) is 14.4. The molecule has 0 bridgehead atoms. The Kier molecular flexibility index (Phi) is 4.74. The highest BCUT2D eigenvalue weighted by atomic mass is 32.1. The van der Waals surface area contributed by atoms with Crippen molar-refractivity contribution >= 4 is 17.2 Å². The molecule has 1 aliphatic heterocycles. The Balaban J connectivity index is 2.10. The number of nitrogens with zero attached hydrogens (tertiary/aromatic N) is 1. The summed E-state index contributed by atoms with van der Waals surface area (Å²) in [6.07, 6.45) is 0. The smallest absolute Gasteiger partial charge is 0.238 e. The van der Waals surface area contributed by atoms with E-state index in [0.717, 1.165) is 19.6 Å². The summed E-state index contributed by atoms with van der Waals surface area (Å²) in [7, 11) is 0. The van der Waals surface area contributed by atoms with Gasteiger partial charge in [-0.15, -0.1) is 0 Å². The van der Waals surface area contributed by atoms with Crippen molar-refractivity contribution in [1.82, 2.24) is 15.5 Å². The minimum absolute atomic E-state index is 0.0615. The second-order valence-corrected chi connectivity index (χ2v) is 5.37. The van der Waals surface area contributed by atoms with Crippen LogP contribution in [0.25, 0.3) is 0 Å². The maximum absolute atomic E-state index is 12.1. The van der Waals surface area contributed by atoms with Gasteiger partial charge in [0, 0.05) is 32.2 Å². The van der Waals surface area contributed by atoms with Gasteiger partial charge in [0.25, 0.3) is 0 Å². The van der Waals surface area contributed by atoms with E-state index in [2.05, 4.69) is 39.3 Å². The maximum Gasteiger partial charge on any atom is 0.238 e. The molecule has 1 aromatic heterocycles. The van der Waals surface area contributed by atoms with Gasteiger partial charge in [-0.1, -0.05) is 0 Å². The van der Waals surface area contributed by atoms with Gasteiger partial charge >= 0.3 is 0 Å². The van der Waals surface area contributed by atoms with Crippen LogP contribution >= 0.6 is 11.3 Å². The number of carbonyl (C=O) groups excluding carboxylic acids is 1. The van der Waals surface area contributed by atoms with E-state index in [1.54, 1.807) is 11.3 Å². The van der Waals surface area contributed by atoms with Crippen LogP contribution in [0.4, 0.5) is 0 Å². The highest BCUT2D eigenvalue weighted by Crippen LogP contribution is 2.25. The number of likely N-dealkylation sites (N-methyl/N-ethyl adjacent to an activating group) is 1. The monoisotopic (exact) mass is 267 g/mol. The first-order valence-electron chi connectivity index (χ1n) is 6.50. The molecule has 2 N–H and O–H groups in total. The summed E-state index contributed by atoms with van der Waals surface area (Å²) in [5.41, 5.74) is 1.30. The van der Waals surface area contributed by atoms with Gasteiger partial charge in [-0.3, -0.25) is 9.69 Å². The fraction of sp³-hybridized carbons (Fsp3) is 0.615. The van der Waals surface area contributed by atoms with Crippen molar-refractivity contribution in [2.75, 3.05) is 26.2 Å². The molecular weight excluding hydrogens is 246 g/mol. The number of carbonyl (C=O) groups is 1. The van der Waals surface area contributed by atoms with Crippen molar-refractivity contribution in [3.8, 4) is 0 Å². The first-order chi connectivity index (χ1) is 8.74. The maximum atomic E-state index is 12.1. The summed E-state index contributed by atoms with van der Waals surface area (Å²) in [6, 6.07) is 2.38. The fourth-order valence-corrected chi connectivity index (χ4v) is 3.17. The van der Waals surface area contributed by atoms with Crippen LogP contribution in [0, 0.1) is 0 Å². The molecule has 0 spiro atoms. The molecular formula is C13H21N3OS. The minimum atomic E-state index is -0.0615. The molecule has 0 saturated carbocycles. The average molecular weight is 267 g/mol. The van der Waals surface area contributed by atoms with Crippen molar-refractivity contribution in [3.05, 3.63) is 22.4 Å². The van der Waals surface area contributed by atoms with Crippen LogP contribution in [0.1, 0.15) is 25.5 Å². The lowest BCUT2D eigenvalue weighted by Crippen LogP contribution is -2.58. The number of hydrogen-bond donors (Lipinski definition) is 2. The number of amides is 1. The molecule has 2 heterocycles. The van der Waals surface area contributed by atoms with E-state index in [0.29, 0.717) is 12.6 Å². The molecule has 1 saturated heterocycles. The number of thiophene rings is 1. The Morgan fingerprint density at radius 3 is 3.22 bits per heavy atom. The quantitative estimate of drug-likeness (QED) is 0.862. The third-order valence-electron chi connectivity index (χ3n) is 3.46. The van der Waals surface area contributed by atoms with Gasteiger partial charge < -0.3 is 10.6 Å². The molecule has 0 aromatic carbocycles. The van der Waals surface area contributed by atoms with Crippen molar-refractivity contribution in [2.45, 2.75) is 25.9 Å². The average Bonchev–Trinajstić information content (AvgIpc) is 2.92. The zero-order valence-electron chi connectivity index (χ0n) is 11.0. The topological polar surface area (TPSA) is 44.4 Å². The third kappa shape index (κ3) is 2.91. The fourth-order valence-electron chi connectivity index (χ4n) is 2.42. The number of rotatable bonds is 4. The van der Waals surface area contributed by atoms with Gasteiger partial charge in [0.15, 0.2) is 0 Å². The molecule has 0 radical (unpaired) electrons. The van der Waals surface area contributed by atoms with Gasteiger partial charge in [-0.25, -0.2) is 0 Å². The van der Waals surface area contributed by atoms with Crippen molar-refractivity contribution < 1.29 is 4.79 Å². The lowest BCUT2D eigenvalue weighted by molar-refractivity contribution is -0.128. The van der Waals surface area contributed by atoms with E-state index < -0.39 is 0 Å². The number of nitrogens with one attached hydrogen (secondary N) is 2. The van der Waals surface area contributed by atoms with Crippen LogP contribution < -0.4 is 10.6 Å². The minimum Gasteiger partial charge on any atom is -0.355 e. The Bertz CT molecular complexity index is 380. The Morgan fingerprint density at radius 2 is 2.56 bits per heavy atom. The molecule has 100 valence electrons. The van der Waals surface area contributed by atoms with Crippen LogP contribution in [0.2, 0.25) is 0 Å². The first kappa shape index (κ1) is 13.5. The number of piperazine rings is 1. The van der Waals surface area contributed by atoms with E-state index in [-0.39, 0.29) is 11.9 Å². The molecule has 18 heavy (non-hydrogen) atoms. The van der Waals surface area contributed by atoms with E-state index >= 15 is 0 Å². The van der Waals surface area contributed by atoms with E-state index in [1.807, 2.05) is 6.92 Å². The second kappa shape index (κ2) is 6.31. The highest BCUT2D eigenvalue weighted by Gasteiger charge is 2.31. The van der Waals surface area contributed by atoms with Gasteiger partial charge in [0.1, 0.15) is 6.04 Å². The largest absolute Gasteiger partial charge is 0.355 e. The summed E-state index contributed by atoms with van der Waals surface area (Å²) < 4.78 is 0. The van der Waals surface area contributed by atoms with Gasteiger partial charge in [-0.2, -0.15) is 11.3 Å². The Morgan fingerprint density at radius 1 is 1.72 bits per heavy atom. The van der Waals surface area contributed by atoms with Crippen LogP contribution in [-0.2, 0) is 4.79 Å². The molecule has 5 heteroatoms. The molecule has 2 rings (SSSR count). The molecule has 1 aromatic rings. The van der Waals surface area contributed by atoms with Gasteiger partial charge in [-0.05, 0) is 36.2 Å². The summed E-state index contributed by atoms with van der Waals surface area (Å²) in [5, 5.41) is 10.5. The Labute approximate surface area is 112 Å². The molecule has 4 nitrogen and oxygen atoms in total. The van der Waals surface area contributed by atoms with Crippen molar-refractivity contribution in [2.24, 2.45) is 0 Å². The Hall–Kier alpha value is -0.910. The standard InChI is InChI=1S/C13H21N3OS/c1-3-15-13(17)12-8-14-5-6-16(12)10(2)11-4-7-18-9-11/h4,7,9-10,12,14H,3,5-6,8H2,1-2H3,(H,15,17). The zero-order chi connectivity index (χ0) is 13.0. The molecule has 1 fully saturated rings. The molecule has 2 unspecified atom stereocenters. The first-order valence-corrected chi connectivity index (χ1v) is 7.44. The predicted octanol–water partition coefficient (Wildman–Crippen LogP) is 1.22. The lowest BCUT2D eigenvalue weighted by Gasteiger charge is -2.39. The van der Waals surface area contributed by atoms with Gasteiger partial charge in [0.05, 0.1) is 0 Å². The lowest BCUT2D eigenvalue weighted by atomic mass is 10.1. The van der Waals surface area contributed by atoms with E-state index in [9.17, 15) is 4.79 Å². The number of hydrogen-bond acceptors (Lipinski definition) is 4. The van der Waals surface area contributed by atoms with Crippen LogP contribution in [-0.4, -0.2) is 43.0 Å². The van der Waals surface area contributed by atoms with E-state index in [1.165, 1.54) is 5.56 Å². The van der Waals surface area contributed by atoms with E-state index in [4.69, 9.17) is 0 Å². The van der Waals surface area contributed by atoms with Crippen molar-refractivity contribution in [1.29, 1.82) is 0 Å². The van der Waals surface area contributed by atoms with Crippen LogP contribution in [0.15, 0.2) is 16.8 Å². The summed E-state index contributed by atoms with van der Waals surface area (Å²) in [6.45, 7) is 7.43. The summed E-state index contributed by atoms with van der Waals surface area (Å²) >= 11 is 1.71. The molecule has 2 atom stereocenters. The highest BCUT2D eigenvalue weighted by molar-refractivity contribution is 7.07.